The summed E-state index contributed by atoms with van der Waals surface area (Å²) in [5.74, 6) is -2.01. The third-order valence-corrected chi connectivity index (χ3v) is 4.92. The van der Waals surface area contributed by atoms with Crippen molar-refractivity contribution in [3.63, 3.8) is 0 Å². The summed E-state index contributed by atoms with van der Waals surface area (Å²) in [6.07, 6.45) is 0.778. The molecule has 2 aromatic carbocycles. The van der Waals surface area contributed by atoms with Crippen LogP contribution >= 0.6 is 0 Å². The van der Waals surface area contributed by atoms with Gasteiger partial charge >= 0.3 is 5.97 Å². The predicted octanol–water partition coefficient (Wildman–Crippen LogP) is 4.16. The molecule has 0 spiro atoms. The Kier molecular flexibility index (Phi) is 8.49. The lowest BCUT2D eigenvalue weighted by Crippen LogP contribution is -2.25. The minimum atomic E-state index is -0.476. The van der Waals surface area contributed by atoms with E-state index in [0.29, 0.717) is 5.69 Å². The van der Waals surface area contributed by atoms with Gasteiger partial charge in [-0.3, -0.25) is 19.2 Å². The van der Waals surface area contributed by atoms with Crippen LogP contribution in [0.25, 0.3) is 0 Å². The monoisotopic (exact) mass is 424 g/mol. The number of Topliss-reactive ketones (excluding diaryl/α,β-unsaturated/α-hetero) is 1. The minimum Gasteiger partial charge on any atom is -0.457 e. The van der Waals surface area contributed by atoms with Gasteiger partial charge in [0, 0.05) is 25.1 Å². The number of anilines is 2. The van der Waals surface area contributed by atoms with Gasteiger partial charge in [0.25, 0.3) is 0 Å². The van der Waals surface area contributed by atoms with Crippen molar-refractivity contribution in [2.24, 2.45) is 5.92 Å². The van der Waals surface area contributed by atoms with Gasteiger partial charge in [0.2, 0.25) is 17.6 Å². The van der Waals surface area contributed by atoms with Gasteiger partial charge in [-0.1, -0.05) is 50.6 Å². The van der Waals surface area contributed by atoms with Gasteiger partial charge in [0.05, 0.1) is 11.6 Å². The number of carbonyl (C=O) groups is 4. The zero-order valence-electron chi connectivity index (χ0n) is 18.2. The van der Waals surface area contributed by atoms with Gasteiger partial charge in [0.15, 0.2) is 6.61 Å². The zero-order chi connectivity index (χ0) is 23.0. The lowest BCUT2D eigenvalue weighted by molar-refractivity contribution is -0.145. The highest BCUT2D eigenvalue weighted by Gasteiger charge is 2.28. The quantitative estimate of drug-likeness (QED) is 0.465. The smallest absolute Gasteiger partial charge is 0.314 e. The van der Waals surface area contributed by atoms with Crippen LogP contribution in [0.15, 0.2) is 48.5 Å². The van der Waals surface area contributed by atoms with E-state index in [4.69, 9.17) is 4.74 Å². The lowest BCUT2D eigenvalue weighted by atomic mass is 9.85. The van der Waals surface area contributed by atoms with Crippen molar-refractivity contribution in [2.45, 2.75) is 40.0 Å². The molecule has 2 atom stereocenters. The number of benzene rings is 2. The molecule has 0 aliphatic rings. The van der Waals surface area contributed by atoms with E-state index >= 15 is 0 Å². The van der Waals surface area contributed by atoms with Crippen LogP contribution in [0.1, 0.15) is 56.0 Å². The highest BCUT2D eigenvalue weighted by atomic mass is 16.5. The third kappa shape index (κ3) is 6.77. The van der Waals surface area contributed by atoms with E-state index in [9.17, 15) is 19.2 Å². The molecule has 0 saturated carbocycles. The van der Waals surface area contributed by atoms with Gasteiger partial charge in [-0.05, 0) is 29.7 Å². The number of esters is 1. The minimum absolute atomic E-state index is 0.0388. The van der Waals surface area contributed by atoms with Crippen LogP contribution < -0.4 is 10.6 Å². The normalized spacial score (nSPS) is 12.4. The molecule has 0 saturated heterocycles. The second kappa shape index (κ2) is 11.1. The maximum absolute atomic E-state index is 12.8. The molecule has 2 rings (SSSR count). The Labute approximate surface area is 182 Å². The number of ether oxygens (including phenoxy) is 1. The number of hydrogen-bond acceptors (Lipinski definition) is 5. The lowest BCUT2D eigenvalue weighted by Gasteiger charge is -2.22. The molecule has 0 heterocycles. The van der Waals surface area contributed by atoms with Crippen LogP contribution in [0.5, 0.6) is 0 Å². The van der Waals surface area contributed by atoms with Crippen molar-refractivity contribution in [2.75, 3.05) is 17.2 Å². The first-order valence-electron chi connectivity index (χ1n) is 10.2. The molecule has 164 valence electrons. The Balaban J connectivity index is 2.19. The van der Waals surface area contributed by atoms with E-state index in [1.54, 1.807) is 6.07 Å². The summed E-state index contributed by atoms with van der Waals surface area (Å²) >= 11 is 0. The summed E-state index contributed by atoms with van der Waals surface area (Å²) in [5, 5.41) is 5.18. The highest BCUT2D eigenvalue weighted by Crippen LogP contribution is 2.28. The van der Waals surface area contributed by atoms with Crippen molar-refractivity contribution < 1.29 is 23.9 Å². The average molecular weight is 424 g/mol. The molecule has 2 N–H and O–H groups in total. The van der Waals surface area contributed by atoms with E-state index in [1.807, 2.05) is 44.2 Å². The summed E-state index contributed by atoms with van der Waals surface area (Å²) < 4.78 is 5.38. The van der Waals surface area contributed by atoms with E-state index in [-0.39, 0.29) is 29.0 Å². The standard InChI is InChI=1S/C24H28N2O5/c1-5-15(2)23(18-9-7-6-8-10-18)24(30)31-14-22(29)20-12-11-19(25-16(3)27)13-21(20)26-17(4)28/h6-13,15,23H,5,14H2,1-4H3,(H,25,27)(H,26,28)/t15-,23+/m1/s1. The Morgan fingerprint density at radius 2 is 1.58 bits per heavy atom. The molecule has 31 heavy (non-hydrogen) atoms. The maximum Gasteiger partial charge on any atom is 0.314 e. The first kappa shape index (κ1) is 23.8. The largest absolute Gasteiger partial charge is 0.457 e. The van der Waals surface area contributed by atoms with Crippen molar-refractivity contribution in [1.82, 2.24) is 0 Å². The molecule has 2 aromatic rings. The fourth-order valence-corrected chi connectivity index (χ4v) is 3.26. The SMILES string of the molecule is CC[C@@H](C)[C@H](C(=O)OCC(=O)c1ccc(NC(C)=O)cc1NC(C)=O)c1ccccc1. The predicted molar refractivity (Wildman–Crippen MR) is 119 cm³/mol. The second-order valence-electron chi connectivity index (χ2n) is 7.43. The van der Waals surface area contributed by atoms with E-state index in [2.05, 4.69) is 10.6 Å². The summed E-state index contributed by atoms with van der Waals surface area (Å²) in [5.41, 5.74) is 1.71. The summed E-state index contributed by atoms with van der Waals surface area (Å²) in [6, 6.07) is 13.9. The number of rotatable bonds is 9. The molecule has 7 nitrogen and oxygen atoms in total. The summed E-state index contributed by atoms with van der Waals surface area (Å²) in [6.45, 7) is 6.18. The van der Waals surface area contributed by atoms with Gasteiger partial charge in [-0.25, -0.2) is 0 Å². The molecular weight excluding hydrogens is 396 g/mol. The number of carbonyl (C=O) groups excluding carboxylic acids is 4. The van der Waals surface area contributed by atoms with Crippen molar-refractivity contribution >= 4 is 34.9 Å². The number of nitrogens with one attached hydrogen (secondary N) is 2. The molecule has 2 amide bonds. The number of hydrogen-bond donors (Lipinski definition) is 2. The Hall–Kier alpha value is -3.48. The van der Waals surface area contributed by atoms with Crippen LogP contribution in [0.3, 0.4) is 0 Å². The Morgan fingerprint density at radius 3 is 2.16 bits per heavy atom. The van der Waals surface area contributed by atoms with Gasteiger partial charge < -0.3 is 15.4 Å². The van der Waals surface area contributed by atoms with Crippen LogP contribution in [0, 0.1) is 5.92 Å². The maximum atomic E-state index is 12.8. The molecule has 0 radical (unpaired) electrons. The Morgan fingerprint density at radius 1 is 0.935 bits per heavy atom. The zero-order valence-corrected chi connectivity index (χ0v) is 18.2. The van der Waals surface area contributed by atoms with Crippen molar-refractivity contribution in [3.8, 4) is 0 Å². The molecule has 0 bridgehead atoms. The Bertz CT molecular complexity index is 956. The first-order valence-corrected chi connectivity index (χ1v) is 10.2. The van der Waals surface area contributed by atoms with Gasteiger partial charge in [-0.15, -0.1) is 0 Å². The fraction of sp³-hybridized carbons (Fsp3) is 0.333. The van der Waals surface area contributed by atoms with Crippen LogP contribution in [0.2, 0.25) is 0 Å². The number of amides is 2. The molecular formula is C24H28N2O5. The molecule has 0 aromatic heterocycles. The van der Waals surface area contributed by atoms with Gasteiger partial charge in [0.1, 0.15) is 0 Å². The third-order valence-electron chi connectivity index (χ3n) is 4.92. The molecule has 0 unspecified atom stereocenters. The first-order chi connectivity index (χ1) is 14.7. The summed E-state index contributed by atoms with van der Waals surface area (Å²) in [7, 11) is 0. The molecule has 0 aliphatic carbocycles. The molecule has 0 aliphatic heterocycles. The van der Waals surface area contributed by atoms with Crippen LogP contribution in [-0.2, 0) is 19.1 Å². The molecule has 7 heteroatoms. The average Bonchev–Trinajstić information content (AvgIpc) is 2.72. The topological polar surface area (TPSA) is 102 Å². The van der Waals surface area contributed by atoms with Crippen LogP contribution in [-0.4, -0.2) is 30.2 Å². The van der Waals surface area contributed by atoms with Crippen molar-refractivity contribution in [1.29, 1.82) is 0 Å². The summed E-state index contributed by atoms with van der Waals surface area (Å²) in [4.78, 5) is 48.4. The van der Waals surface area contributed by atoms with Gasteiger partial charge in [-0.2, -0.15) is 0 Å². The van der Waals surface area contributed by atoms with E-state index in [1.165, 1.54) is 26.0 Å². The number of ketones is 1. The second-order valence-corrected chi connectivity index (χ2v) is 7.43. The van der Waals surface area contributed by atoms with Crippen LogP contribution in [0.4, 0.5) is 11.4 Å². The fourth-order valence-electron chi connectivity index (χ4n) is 3.26. The van der Waals surface area contributed by atoms with E-state index in [0.717, 1.165) is 12.0 Å². The van der Waals surface area contributed by atoms with E-state index < -0.39 is 24.3 Å². The highest BCUT2D eigenvalue weighted by molar-refractivity contribution is 6.06. The molecule has 0 fully saturated rings. The van der Waals surface area contributed by atoms with Crippen molar-refractivity contribution in [3.05, 3.63) is 59.7 Å².